The van der Waals surface area contributed by atoms with E-state index in [0.29, 0.717) is 0 Å². The molecule has 1 aromatic carbocycles. The van der Waals surface area contributed by atoms with Gasteiger partial charge in [0.25, 0.3) is 0 Å². The summed E-state index contributed by atoms with van der Waals surface area (Å²) in [5.74, 6) is 0. The highest BCUT2D eigenvalue weighted by atomic mass is 32.1. The van der Waals surface area contributed by atoms with Crippen molar-refractivity contribution in [1.29, 1.82) is 0 Å². The number of thiazole rings is 1. The lowest BCUT2D eigenvalue weighted by Crippen LogP contribution is -2.19. The first kappa shape index (κ1) is 15.2. The minimum atomic E-state index is -0.193. The van der Waals surface area contributed by atoms with Gasteiger partial charge in [-0.2, -0.15) is 0 Å². The second kappa shape index (κ2) is 7.53. The van der Waals surface area contributed by atoms with Gasteiger partial charge >= 0.3 is 0 Å². The van der Waals surface area contributed by atoms with Crippen LogP contribution in [-0.4, -0.2) is 22.7 Å². The first-order chi connectivity index (χ1) is 9.69. The molecule has 3 nitrogen and oxygen atoms in total. The zero-order valence-electron chi connectivity index (χ0n) is 12.1. The predicted molar refractivity (Wildman–Crippen MR) is 84.9 cm³/mol. The van der Waals surface area contributed by atoms with Crippen molar-refractivity contribution in [3.63, 3.8) is 0 Å². The normalized spacial score (nSPS) is 12.6. The van der Waals surface area contributed by atoms with Crippen molar-refractivity contribution in [3.05, 3.63) is 40.9 Å². The summed E-state index contributed by atoms with van der Waals surface area (Å²) in [4.78, 5) is 4.64. The zero-order valence-corrected chi connectivity index (χ0v) is 12.9. The molecule has 0 bridgehead atoms. The highest BCUT2D eigenvalue weighted by Crippen LogP contribution is 2.23. The molecule has 0 fully saturated rings. The molecule has 0 aliphatic rings. The summed E-state index contributed by atoms with van der Waals surface area (Å²) in [6.07, 6.45) is 1.42. The Morgan fingerprint density at radius 3 is 2.75 bits per heavy atom. The van der Waals surface area contributed by atoms with Crippen LogP contribution in [-0.2, 0) is 6.54 Å². The first-order valence-electron chi connectivity index (χ1n) is 7.09. The van der Waals surface area contributed by atoms with Crippen LogP contribution in [0.25, 0.3) is 10.6 Å². The number of aromatic nitrogens is 1. The molecule has 0 radical (unpaired) electrons. The van der Waals surface area contributed by atoms with Crippen molar-refractivity contribution in [3.8, 4) is 10.6 Å². The van der Waals surface area contributed by atoms with Gasteiger partial charge < -0.3 is 10.4 Å². The molecule has 1 atom stereocenters. The third-order valence-electron chi connectivity index (χ3n) is 3.28. The number of hydrogen-bond acceptors (Lipinski definition) is 4. The molecule has 0 aliphatic carbocycles. The third-order valence-corrected chi connectivity index (χ3v) is 4.22. The summed E-state index contributed by atoms with van der Waals surface area (Å²) in [6.45, 7) is 5.68. The maximum absolute atomic E-state index is 9.48. The van der Waals surface area contributed by atoms with Gasteiger partial charge in [-0.05, 0) is 26.3 Å². The minimum absolute atomic E-state index is 0.193. The van der Waals surface area contributed by atoms with Crippen LogP contribution < -0.4 is 5.32 Å². The lowest BCUT2D eigenvalue weighted by atomic mass is 10.2. The second-order valence-corrected chi connectivity index (χ2v) is 5.90. The molecule has 108 valence electrons. The molecule has 2 aromatic rings. The average molecular weight is 290 g/mol. The van der Waals surface area contributed by atoms with Crippen molar-refractivity contribution in [2.75, 3.05) is 6.54 Å². The fourth-order valence-electron chi connectivity index (χ4n) is 1.91. The van der Waals surface area contributed by atoms with Crippen molar-refractivity contribution >= 4 is 11.3 Å². The summed E-state index contributed by atoms with van der Waals surface area (Å²) in [6, 6.07) is 8.45. The Bertz CT molecular complexity index is 522. The van der Waals surface area contributed by atoms with Crippen LogP contribution in [0.1, 0.15) is 31.0 Å². The van der Waals surface area contributed by atoms with E-state index in [-0.39, 0.29) is 6.10 Å². The van der Waals surface area contributed by atoms with Gasteiger partial charge in [0, 0.05) is 17.5 Å². The van der Waals surface area contributed by atoms with Crippen LogP contribution in [0.2, 0.25) is 0 Å². The average Bonchev–Trinajstić information content (AvgIpc) is 2.93. The molecule has 1 unspecified atom stereocenters. The summed E-state index contributed by atoms with van der Waals surface area (Å²) < 4.78 is 0. The van der Waals surface area contributed by atoms with E-state index < -0.39 is 0 Å². The van der Waals surface area contributed by atoms with Gasteiger partial charge in [0.05, 0.1) is 11.8 Å². The smallest absolute Gasteiger partial charge is 0.123 e. The van der Waals surface area contributed by atoms with Crippen molar-refractivity contribution in [1.82, 2.24) is 10.3 Å². The summed E-state index contributed by atoms with van der Waals surface area (Å²) in [7, 11) is 0. The van der Waals surface area contributed by atoms with Gasteiger partial charge in [0.1, 0.15) is 5.01 Å². The molecule has 0 aliphatic heterocycles. The molecule has 1 aromatic heterocycles. The van der Waals surface area contributed by atoms with Gasteiger partial charge in [-0.3, -0.25) is 0 Å². The first-order valence-corrected chi connectivity index (χ1v) is 7.97. The predicted octanol–water partition coefficient (Wildman–Crippen LogP) is 3.37. The Morgan fingerprint density at radius 1 is 1.30 bits per heavy atom. The summed E-state index contributed by atoms with van der Waals surface area (Å²) >= 11 is 1.68. The van der Waals surface area contributed by atoms with Crippen LogP contribution >= 0.6 is 11.3 Å². The number of hydrogen-bond donors (Lipinski definition) is 2. The van der Waals surface area contributed by atoms with Gasteiger partial charge in [-0.15, -0.1) is 11.3 Å². The van der Waals surface area contributed by atoms with Crippen LogP contribution in [0.5, 0.6) is 0 Å². The van der Waals surface area contributed by atoms with Crippen molar-refractivity contribution in [2.45, 2.75) is 39.3 Å². The molecule has 0 saturated carbocycles. The molecule has 4 heteroatoms. The van der Waals surface area contributed by atoms with E-state index >= 15 is 0 Å². The zero-order chi connectivity index (χ0) is 14.4. The molecular formula is C16H22N2OS. The van der Waals surface area contributed by atoms with Crippen molar-refractivity contribution < 1.29 is 5.11 Å². The van der Waals surface area contributed by atoms with E-state index in [1.807, 2.05) is 6.92 Å². The lowest BCUT2D eigenvalue weighted by Gasteiger charge is -2.07. The molecule has 2 N–H and O–H groups in total. The summed E-state index contributed by atoms with van der Waals surface area (Å²) in [5.41, 5.74) is 3.51. The van der Waals surface area contributed by atoms with Crippen molar-refractivity contribution in [2.24, 2.45) is 0 Å². The monoisotopic (exact) mass is 290 g/mol. The summed E-state index contributed by atoms with van der Waals surface area (Å²) in [5, 5.41) is 16.0. The Morgan fingerprint density at radius 2 is 2.05 bits per heavy atom. The molecular weight excluding hydrogens is 268 g/mol. The van der Waals surface area contributed by atoms with Gasteiger partial charge in [0.15, 0.2) is 0 Å². The van der Waals surface area contributed by atoms with Crippen LogP contribution in [0.3, 0.4) is 0 Å². The second-order valence-electron chi connectivity index (χ2n) is 5.04. The highest BCUT2D eigenvalue weighted by molar-refractivity contribution is 7.13. The highest BCUT2D eigenvalue weighted by Gasteiger charge is 2.05. The van der Waals surface area contributed by atoms with E-state index in [1.165, 1.54) is 11.1 Å². The molecule has 20 heavy (non-hydrogen) atoms. The Kier molecular flexibility index (Phi) is 5.71. The molecule has 2 rings (SSSR count). The quantitative estimate of drug-likeness (QED) is 0.769. The van der Waals surface area contributed by atoms with E-state index in [9.17, 15) is 5.11 Å². The minimum Gasteiger partial charge on any atom is -0.393 e. The third kappa shape index (κ3) is 4.40. The number of nitrogens with zero attached hydrogens (tertiary/aromatic N) is 1. The van der Waals surface area contributed by atoms with Gasteiger partial charge in [-0.1, -0.05) is 36.8 Å². The maximum atomic E-state index is 9.48. The number of nitrogens with one attached hydrogen (secondary N) is 1. The fraction of sp³-hybridized carbons (Fsp3) is 0.438. The molecule has 0 amide bonds. The largest absolute Gasteiger partial charge is 0.393 e. The lowest BCUT2D eigenvalue weighted by molar-refractivity contribution is 0.159. The van der Waals surface area contributed by atoms with Gasteiger partial charge in [0.2, 0.25) is 0 Å². The van der Waals surface area contributed by atoms with E-state index in [0.717, 1.165) is 36.6 Å². The Labute approximate surface area is 124 Å². The number of aliphatic hydroxyl groups excluding tert-OH is 1. The molecule has 0 spiro atoms. The Hall–Kier alpha value is -1.23. The molecule has 0 saturated heterocycles. The molecule has 1 heterocycles. The van der Waals surface area contributed by atoms with E-state index in [2.05, 4.69) is 46.9 Å². The maximum Gasteiger partial charge on any atom is 0.123 e. The van der Waals surface area contributed by atoms with Crippen LogP contribution in [0, 0.1) is 6.92 Å². The number of rotatable bonds is 7. The van der Waals surface area contributed by atoms with Gasteiger partial charge in [-0.25, -0.2) is 4.98 Å². The van der Waals surface area contributed by atoms with E-state index in [1.54, 1.807) is 11.3 Å². The Balaban J connectivity index is 1.85. The topological polar surface area (TPSA) is 45.1 Å². The van der Waals surface area contributed by atoms with Crippen LogP contribution in [0.4, 0.5) is 0 Å². The fourth-order valence-corrected chi connectivity index (χ4v) is 2.73. The SMILES string of the molecule is CCC(O)CCNCc1csc(-c2ccc(C)cc2)n1. The van der Waals surface area contributed by atoms with E-state index in [4.69, 9.17) is 0 Å². The standard InChI is InChI=1S/C16H22N2OS/c1-3-15(19)8-9-17-10-14-11-20-16(18-14)13-6-4-12(2)5-7-13/h4-7,11,15,17,19H,3,8-10H2,1-2H3. The number of aliphatic hydroxyl groups is 1. The number of aryl methyl sites for hydroxylation is 1. The van der Waals surface area contributed by atoms with Crippen LogP contribution in [0.15, 0.2) is 29.6 Å². The number of benzene rings is 1.